The van der Waals surface area contributed by atoms with Crippen LogP contribution in [0.15, 0.2) is 36.4 Å². The Morgan fingerprint density at radius 3 is 2.60 bits per heavy atom. The van der Waals surface area contributed by atoms with Crippen LogP contribution in [0.4, 0.5) is 5.82 Å². The molecule has 1 N–H and O–H groups in total. The molecule has 0 saturated heterocycles. The van der Waals surface area contributed by atoms with Gasteiger partial charge in [-0.15, -0.1) is 5.10 Å². The van der Waals surface area contributed by atoms with Gasteiger partial charge in [-0.05, 0) is 12.1 Å². The number of methoxy groups -OCH3 is 1. The van der Waals surface area contributed by atoms with Crippen LogP contribution in [0, 0.1) is 0 Å². The monoisotopic (exact) mass is 203 g/mol. The van der Waals surface area contributed by atoms with Gasteiger partial charge < -0.3 is 10.1 Å². The number of rotatable bonds is 3. The molecule has 1 heterocycles. The summed E-state index contributed by atoms with van der Waals surface area (Å²) in [5, 5.41) is 7.37. The zero-order chi connectivity index (χ0) is 10.7. The Morgan fingerprint density at radius 1 is 1.27 bits per heavy atom. The topological polar surface area (TPSA) is 39.1 Å². The number of hydrogen-bond donors (Lipinski definition) is 1. The average molecular weight is 203 g/mol. The Balaban J connectivity index is 2.47. The lowest BCUT2D eigenvalue weighted by Crippen LogP contribution is -2.01. The molecule has 4 heteroatoms. The Labute approximate surface area is 88.5 Å². The van der Waals surface area contributed by atoms with E-state index in [1.165, 1.54) is 0 Å². The summed E-state index contributed by atoms with van der Waals surface area (Å²) in [6.07, 6.45) is 0. The second kappa shape index (κ2) is 4.04. The molecule has 0 atom stereocenters. The molecule has 0 radical (unpaired) electrons. The fourth-order valence-electron chi connectivity index (χ4n) is 1.40. The van der Waals surface area contributed by atoms with E-state index in [0.29, 0.717) is 5.88 Å². The summed E-state index contributed by atoms with van der Waals surface area (Å²) in [7, 11) is 3.47. The SMILES string of the molecule is CNc1cc(OC)nn1-c1ccccc1. The van der Waals surface area contributed by atoms with Gasteiger partial charge in [0.05, 0.1) is 12.8 Å². The number of nitrogens with zero attached hydrogens (tertiary/aromatic N) is 2. The number of para-hydroxylation sites is 1. The predicted octanol–water partition coefficient (Wildman–Crippen LogP) is 1.92. The molecule has 0 unspecified atom stereocenters. The van der Waals surface area contributed by atoms with E-state index in [1.54, 1.807) is 11.8 Å². The second-order valence-corrected chi connectivity index (χ2v) is 3.07. The molecule has 2 rings (SSSR count). The number of nitrogens with one attached hydrogen (secondary N) is 1. The highest BCUT2D eigenvalue weighted by atomic mass is 16.5. The van der Waals surface area contributed by atoms with Crippen molar-refractivity contribution < 1.29 is 4.74 Å². The van der Waals surface area contributed by atoms with Crippen molar-refractivity contribution in [2.24, 2.45) is 0 Å². The summed E-state index contributed by atoms with van der Waals surface area (Å²) in [5.41, 5.74) is 1.00. The van der Waals surface area contributed by atoms with Crippen molar-refractivity contribution in [3.05, 3.63) is 36.4 Å². The quantitative estimate of drug-likeness (QED) is 0.828. The standard InChI is InChI=1S/C11H13N3O/c1-12-10-8-11(15-2)13-14(10)9-6-4-3-5-7-9/h3-8,12H,1-2H3. The first-order valence-electron chi connectivity index (χ1n) is 4.72. The number of hydrogen-bond acceptors (Lipinski definition) is 3. The molecule has 0 saturated carbocycles. The summed E-state index contributed by atoms with van der Waals surface area (Å²) < 4.78 is 6.89. The van der Waals surface area contributed by atoms with Crippen LogP contribution in [-0.4, -0.2) is 23.9 Å². The Hall–Kier alpha value is -1.97. The molecule has 0 fully saturated rings. The van der Waals surface area contributed by atoms with Gasteiger partial charge >= 0.3 is 0 Å². The largest absolute Gasteiger partial charge is 0.480 e. The van der Waals surface area contributed by atoms with E-state index in [0.717, 1.165) is 11.5 Å². The first-order valence-corrected chi connectivity index (χ1v) is 4.72. The van der Waals surface area contributed by atoms with Crippen molar-refractivity contribution in [2.75, 3.05) is 19.5 Å². The molecule has 15 heavy (non-hydrogen) atoms. The van der Waals surface area contributed by atoms with Crippen molar-refractivity contribution in [1.29, 1.82) is 0 Å². The highest BCUT2D eigenvalue weighted by Crippen LogP contribution is 2.20. The van der Waals surface area contributed by atoms with Crippen molar-refractivity contribution >= 4 is 5.82 Å². The number of ether oxygens (including phenoxy) is 1. The average Bonchev–Trinajstić information content (AvgIpc) is 2.73. The third kappa shape index (κ3) is 1.79. The molecule has 1 aromatic carbocycles. The minimum absolute atomic E-state index is 0.600. The molecule has 2 aromatic rings. The summed E-state index contributed by atoms with van der Waals surface area (Å²) in [6.45, 7) is 0. The van der Waals surface area contributed by atoms with Crippen molar-refractivity contribution in [3.8, 4) is 11.6 Å². The fourth-order valence-corrected chi connectivity index (χ4v) is 1.40. The molecule has 0 amide bonds. The highest BCUT2D eigenvalue weighted by molar-refractivity contribution is 5.47. The Morgan fingerprint density at radius 2 is 2.00 bits per heavy atom. The van der Waals surface area contributed by atoms with Crippen LogP contribution in [0.5, 0.6) is 5.88 Å². The minimum Gasteiger partial charge on any atom is -0.480 e. The molecule has 0 aliphatic carbocycles. The van der Waals surface area contributed by atoms with Crippen LogP contribution in [0.1, 0.15) is 0 Å². The molecule has 0 aliphatic heterocycles. The van der Waals surface area contributed by atoms with E-state index < -0.39 is 0 Å². The van der Waals surface area contributed by atoms with Crippen LogP contribution in [0.3, 0.4) is 0 Å². The van der Waals surface area contributed by atoms with Crippen LogP contribution in [0.25, 0.3) is 5.69 Å². The highest BCUT2D eigenvalue weighted by Gasteiger charge is 2.07. The Bertz CT molecular complexity index is 436. The molecular weight excluding hydrogens is 190 g/mol. The lowest BCUT2D eigenvalue weighted by molar-refractivity contribution is 0.394. The molecule has 0 spiro atoms. The predicted molar refractivity (Wildman–Crippen MR) is 59.7 cm³/mol. The van der Waals surface area contributed by atoms with Gasteiger partial charge in [-0.1, -0.05) is 18.2 Å². The molecular formula is C11H13N3O. The lowest BCUT2D eigenvalue weighted by Gasteiger charge is -2.05. The smallest absolute Gasteiger partial charge is 0.235 e. The van der Waals surface area contributed by atoms with Gasteiger partial charge in [-0.3, -0.25) is 0 Å². The molecule has 78 valence electrons. The van der Waals surface area contributed by atoms with E-state index in [1.807, 2.05) is 43.4 Å². The fraction of sp³-hybridized carbons (Fsp3) is 0.182. The Kier molecular flexibility index (Phi) is 2.58. The summed E-state index contributed by atoms with van der Waals surface area (Å²) in [4.78, 5) is 0. The van der Waals surface area contributed by atoms with Gasteiger partial charge in [0.15, 0.2) is 0 Å². The van der Waals surface area contributed by atoms with E-state index >= 15 is 0 Å². The number of benzene rings is 1. The zero-order valence-corrected chi connectivity index (χ0v) is 8.77. The van der Waals surface area contributed by atoms with Crippen molar-refractivity contribution in [2.45, 2.75) is 0 Å². The number of anilines is 1. The van der Waals surface area contributed by atoms with Gasteiger partial charge in [0.2, 0.25) is 5.88 Å². The molecule has 4 nitrogen and oxygen atoms in total. The van der Waals surface area contributed by atoms with Crippen LogP contribution < -0.4 is 10.1 Å². The van der Waals surface area contributed by atoms with Gasteiger partial charge in [-0.25, -0.2) is 4.68 Å². The first kappa shape index (κ1) is 9.58. The van der Waals surface area contributed by atoms with Gasteiger partial charge in [0.1, 0.15) is 5.82 Å². The maximum absolute atomic E-state index is 5.09. The summed E-state index contributed by atoms with van der Waals surface area (Å²) in [5.74, 6) is 1.50. The minimum atomic E-state index is 0.600. The van der Waals surface area contributed by atoms with Gasteiger partial charge in [-0.2, -0.15) is 0 Å². The van der Waals surface area contributed by atoms with Gasteiger partial charge in [0, 0.05) is 13.1 Å². The van der Waals surface area contributed by atoms with Gasteiger partial charge in [0.25, 0.3) is 0 Å². The van der Waals surface area contributed by atoms with Crippen molar-refractivity contribution in [3.63, 3.8) is 0 Å². The van der Waals surface area contributed by atoms with E-state index in [-0.39, 0.29) is 0 Å². The normalized spacial score (nSPS) is 10.0. The maximum atomic E-state index is 5.09. The van der Waals surface area contributed by atoms with Crippen LogP contribution in [-0.2, 0) is 0 Å². The van der Waals surface area contributed by atoms with Crippen molar-refractivity contribution in [1.82, 2.24) is 9.78 Å². The maximum Gasteiger partial charge on any atom is 0.235 e. The second-order valence-electron chi connectivity index (χ2n) is 3.07. The molecule has 0 aliphatic rings. The lowest BCUT2D eigenvalue weighted by atomic mass is 10.3. The van der Waals surface area contributed by atoms with E-state index in [2.05, 4.69) is 10.4 Å². The summed E-state index contributed by atoms with van der Waals surface area (Å²) in [6, 6.07) is 11.8. The number of aromatic nitrogens is 2. The first-order chi connectivity index (χ1) is 7.35. The van der Waals surface area contributed by atoms with Crippen LogP contribution >= 0.6 is 0 Å². The zero-order valence-electron chi connectivity index (χ0n) is 8.77. The van der Waals surface area contributed by atoms with E-state index in [9.17, 15) is 0 Å². The van der Waals surface area contributed by atoms with E-state index in [4.69, 9.17) is 4.74 Å². The third-order valence-corrected chi connectivity index (χ3v) is 2.15. The van der Waals surface area contributed by atoms with Crippen LogP contribution in [0.2, 0.25) is 0 Å². The molecule has 0 bridgehead atoms. The third-order valence-electron chi connectivity index (χ3n) is 2.15. The molecule has 1 aromatic heterocycles. The summed E-state index contributed by atoms with van der Waals surface area (Å²) >= 11 is 0.